The number of amides is 3. The third-order valence-electron chi connectivity index (χ3n) is 6.16. The van der Waals surface area contributed by atoms with Gasteiger partial charge in [-0.2, -0.15) is 0 Å². The smallest absolute Gasteiger partial charge is 0.408 e. The fourth-order valence-electron chi connectivity index (χ4n) is 4.25. The van der Waals surface area contributed by atoms with Crippen LogP contribution in [0.5, 0.6) is 0 Å². The summed E-state index contributed by atoms with van der Waals surface area (Å²) < 4.78 is 5.32. The van der Waals surface area contributed by atoms with Gasteiger partial charge in [0.05, 0.1) is 6.61 Å². The highest BCUT2D eigenvalue weighted by molar-refractivity contribution is 5.92. The van der Waals surface area contributed by atoms with Crippen molar-refractivity contribution in [1.82, 2.24) is 15.5 Å². The maximum Gasteiger partial charge on any atom is 0.408 e. The number of aliphatic hydroxyl groups excluding tert-OH is 1. The predicted molar refractivity (Wildman–Crippen MR) is 152 cm³/mol. The Balaban J connectivity index is 3.59. The Morgan fingerprint density at radius 1 is 1.08 bits per heavy atom. The fraction of sp³-hybridized carbons (Fsp3) is 0.633. The molecule has 8 heteroatoms. The number of aliphatic hydroxyl groups is 1. The normalized spacial score (nSPS) is 14.7. The molecule has 0 saturated heterocycles. The maximum absolute atomic E-state index is 14.0. The average molecular weight is 532 g/mol. The van der Waals surface area contributed by atoms with Crippen molar-refractivity contribution < 1.29 is 24.2 Å². The summed E-state index contributed by atoms with van der Waals surface area (Å²) in [4.78, 5) is 41.9. The molecule has 0 spiro atoms. The summed E-state index contributed by atoms with van der Waals surface area (Å²) in [5, 5.41) is 15.7. The van der Waals surface area contributed by atoms with Gasteiger partial charge in [0.15, 0.2) is 0 Å². The first kappa shape index (κ1) is 33.2. The molecular weight excluding hydrogens is 482 g/mol. The summed E-state index contributed by atoms with van der Waals surface area (Å²) in [5.41, 5.74) is 0.664. The SMILES string of the molecule is C=Cc1cccc(C(C(=O)NC(C)CCC)N(C(=O)C(CO)NC(=O)OC(C)(C)C)C(C)CCC(C)C)c1. The van der Waals surface area contributed by atoms with Crippen molar-refractivity contribution in [2.24, 2.45) is 5.92 Å². The fourth-order valence-corrected chi connectivity index (χ4v) is 4.25. The van der Waals surface area contributed by atoms with Gasteiger partial charge in [0.1, 0.15) is 17.7 Å². The van der Waals surface area contributed by atoms with Crippen molar-refractivity contribution in [1.29, 1.82) is 0 Å². The van der Waals surface area contributed by atoms with Gasteiger partial charge in [-0.05, 0) is 77.0 Å². The molecule has 0 aliphatic rings. The number of hydrogen-bond acceptors (Lipinski definition) is 5. The van der Waals surface area contributed by atoms with Gasteiger partial charge in [-0.1, -0.05) is 58.0 Å². The topological polar surface area (TPSA) is 108 Å². The van der Waals surface area contributed by atoms with Gasteiger partial charge >= 0.3 is 6.09 Å². The van der Waals surface area contributed by atoms with Crippen LogP contribution in [0.3, 0.4) is 0 Å². The summed E-state index contributed by atoms with van der Waals surface area (Å²) in [6, 6.07) is 4.65. The number of benzene rings is 1. The number of carbonyl (C=O) groups excluding carboxylic acids is 3. The number of hydrogen-bond donors (Lipinski definition) is 3. The predicted octanol–water partition coefficient (Wildman–Crippen LogP) is 5.21. The van der Waals surface area contributed by atoms with E-state index in [-0.39, 0.29) is 18.0 Å². The lowest BCUT2D eigenvalue weighted by Crippen LogP contribution is -2.57. The van der Waals surface area contributed by atoms with Gasteiger partial charge in [0, 0.05) is 12.1 Å². The van der Waals surface area contributed by atoms with Crippen LogP contribution in [0.15, 0.2) is 30.8 Å². The highest BCUT2D eigenvalue weighted by atomic mass is 16.6. The Labute approximate surface area is 229 Å². The first-order valence-electron chi connectivity index (χ1n) is 13.7. The van der Waals surface area contributed by atoms with E-state index in [1.54, 1.807) is 26.8 Å². The lowest BCUT2D eigenvalue weighted by molar-refractivity contribution is -0.146. The van der Waals surface area contributed by atoms with Gasteiger partial charge < -0.3 is 25.4 Å². The van der Waals surface area contributed by atoms with E-state index in [1.165, 1.54) is 4.90 Å². The number of rotatable bonds is 14. The molecule has 1 rings (SSSR count). The molecule has 4 unspecified atom stereocenters. The van der Waals surface area contributed by atoms with Crippen molar-refractivity contribution >= 4 is 24.0 Å². The van der Waals surface area contributed by atoms with Crippen LogP contribution in [-0.4, -0.2) is 58.2 Å². The minimum atomic E-state index is -1.28. The molecule has 0 fully saturated rings. The zero-order valence-electron chi connectivity index (χ0n) is 24.5. The second-order valence-corrected chi connectivity index (χ2v) is 11.4. The molecule has 3 N–H and O–H groups in total. The number of ether oxygens (including phenoxy) is 1. The van der Waals surface area contributed by atoms with Crippen LogP contribution in [0.25, 0.3) is 6.08 Å². The third-order valence-corrected chi connectivity index (χ3v) is 6.16. The van der Waals surface area contributed by atoms with Gasteiger partial charge in [0.2, 0.25) is 11.8 Å². The summed E-state index contributed by atoms with van der Waals surface area (Å²) >= 11 is 0. The zero-order chi connectivity index (χ0) is 29.0. The van der Waals surface area contributed by atoms with Crippen LogP contribution in [0.2, 0.25) is 0 Å². The van der Waals surface area contributed by atoms with E-state index in [0.29, 0.717) is 17.9 Å². The first-order chi connectivity index (χ1) is 17.7. The van der Waals surface area contributed by atoms with Gasteiger partial charge in [-0.25, -0.2) is 4.79 Å². The molecule has 1 aromatic carbocycles. The molecule has 0 radical (unpaired) electrons. The number of carbonyl (C=O) groups is 3. The highest BCUT2D eigenvalue weighted by Crippen LogP contribution is 2.28. The lowest BCUT2D eigenvalue weighted by atomic mass is 9.96. The third kappa shape index (κ3) is 10.9. The monoisotopic (exact) mass is 531 g/mol. The molecular formula is C30H49N3O5. The second-order valence-electron chi connectivity index (χ2n) is 11.4. The van der Waals surface area contributed by atoms with E-state index in [1.807, 2.05) is 45.0 Å². The quantitative estimate of drug-likeness (QED) is 0.305. The second kappa shape index (κ2) is 15.5. The largest absolute Gasteiger partial charge is 0.444 e. The van der Waals surface area contributed by atoms with Crippen molar-refractivity contribution in [2.75, 3.05) is 6.61 Å². The number of nitrogens with zero attached hydrogens (tertiary/aromatic N) is 1. The molecule has 0 aliphatic heterocycles. The molecule has 38 heavy (non-hydrogen) atoms. The first-order valence-corrected chi connectivity index (χ1v) is 13.7. The molecule has 0 bridgehead atoms. The van der Waals surface area contributed by atoms with Crippen LogP contribution in [0.4, 0.5) is 4.79 Å². The van der Waals surface area contributed by atoms with Crippen LogP contribution in [0.1, 0.15) is 98.2 Å². The Hall–Kier alpha value is -2.87. The Morgan fingerprint density at radius 2 is 1.74 bits per heavy atom. The van der Waals surface area contributed by atoms with Crippen molar-refractivity contribution in [3.63, 3.8) is 0 Å². The van der Waals surface area contributed by atoms with Gasteiger partial charge in [0.25, 0.3) is 0 Å². The summed E-state index contributed by atoms with van der Waals surface area (Å²) in [6.45, 7) is 18.4. The van der Waals surface area contributed by atoms with Gasteiger partial charge in [-0.3, -0.25) is 9.59 Å². The molecule has 214 valence electrons. The zero-order valence-corrected chi connectivity index (χ0v) is 24.5. The highest BCUT2D eigenvalue weighted by Gasteiger charge is 2.39. The molecule has 4 atom stereocenters. The lowest BCUT2D eigenvalue weighted by Gasteiger charge is -2.39. The van der Waals surface area contributed by atoms with Crippen LogP contribution in [0, 0.1) is 5.92 Å². The van der Waals surface area contributed by atoms with Crippen molar-refractivity contribution in [3.05, 3.63) is 42.0 Å². The number of nitrogens with one attached hydrogen (secondary N) is 2. The van der Waals surface area contributed by atoms with E-state index in [9.17, 15) is 19.5 Å². The van der Waals surface area contributed by atoms with Crippen LogP contribution in [-0.2, 0) is 14.3 Å². The Bertz CT molecular complexity index is 925. The molecule has 0 aliphatic carbocycles. The van der Waals surface area contributed by atoms with E-state index in [0.717, 1.165) is 24.8 Å². The molecule has 0 aromatic heterocycles. The Morgan fingerprint density at radius 3 is 2.26 bits per heavy atom. The molecule has 8 nitrogen and oxygen atoms in total. The number of alkyl carbamates (subject to hydrolysis) is 1. The van der Waals surface area contributed by atoms with Crippen LogP contribution >= 0.6 is 0 Å². The van der Waals surface area contributed by atoms with E-state index < -0.39 is 36.3 Å². The molecule has 3 amide bonds. The van der Waals surface area contributed by atoms with Gasteiger partial charge in [-0.15, -0.1) is 0 Å². The summed E-state index contributed by atoms with van der Waals surface area (Å²) in [6.07, 6.45) is 4.04. The Kier molecular flexibility index (Phi) is 13.5. The average Bonchev–Trinajstić information content (AvgIpc) is 2.82. The van der Waals surface area contributed by atoms with E-state index in [2.05, 4.69) is 31.1 Å². The summed E-state index contributed by atoms with van der Waals surface area (Å²) in [7, 11) is 0. The molecule has 0 saturated carbocycles. The minimum absolute atomic E-state index is 0.0889. The molecule has 0 heterocycles. The van der Waals surface area contributed by atoms with Crippen LogP contribution < -0.4 is 10.6 Å². The maximum atomic E-state index is 14.0. The molecule has 1 aromatic rings. The van der Waals surface area contributed by atoms with E-state index in [4.69, 9.17) is 4.74 Å². The van der Waals surface area contributed by atoms with Crippen molar-refractivity contribution in [3.8, 4) is 0 Å². The summed E-state index contributed by atoms with van der Waals surface area (Å²) in [5.74, 6) is -0.475. The van der Waals surface area contributed by atoms with E-state index >= 15 is 0 Å². The standard InChI is InChI=1S/C30H49N3O5/c1-10-13-21(5)31-27(35)26(24-15-12-14-23(11-2)18-24)33(22(6)17-16-20(3)4)28(36)25(19-34)32-29(37)38-30(7,8)9/h11-12,14-15,18,20-22,25-26,34H,2,10,13,16-17,19H2,1,3-9H3,(H,31,35)(H,32,37). The minimum Gasteiger partial charge on any atom is -0.444 e. The van der Waals surface area contributed by atoms with Crippen molar-refractivity contribution in [2.45, 2.75) is 111 Å².